The molecule has 3 amide bonds. The Morgan fingerprint density at radius 2 is 1.68 bits per heavy atom. The molecule has 0 radical (unpaired) electrons. The van der Waals surface area contributed by atoms with E-state index in [4.69, 9.17) is 5.73 Å². The van der Waals surface area contributed by atoms with Gasteiger partial charge in [-0.25, -0.2) is 5.01 Å². The average molecular weight is 540 g/mol. The van der Waals surface area contributed by atoms with Crippen molar-refractivity contribution < 1.29 is 14.4 Å². The van der Waals surface area contributed by atoms with Crippen molar-refractivity contribution in [2.75, 3.05) is 20.1 Å². The Balaban J connectivity index is 0.00000400. The lowest BCUT2D eigenvalue weighted by Gasteiger charge is -2.41. The van der Waals surface area contributed by atoms with E-state index in [2.05, 4.69) is 22.6 Å². The van der Waals surface area contributed by atoms with E-state index in [1.807, 2.05) is 48.5 Å². The number of piperidine rings is 1. The van der Waals surface area contributed by atoms with E-state index >= 15 is 0 Å². The summed E-state index contributed by atoms with van der Waals surface area (Å²) >= 11 is 0. The highest BCUT2D eigenvalue weighted by Gasteiger charge is 2.53. The number of carbonyl (C=O) groups excluding carboxylic acids is 3. The number of nitrogens with two attached hydrogens (primary N) is 1. The molecular formula is C29H38ClN5O3. The van der Waals surface area contributed by atoms with Crippen molar-refractivity contribution in [1.82, 2.24) is 15.2 Å². The predicted molar refractivity (Wildman–Crippen MR) is 151 cm³/mol. The summed E-state index contributed by atoms with van der Waals surface area (Å²) in [4.78, 5) is 41.8. The van der Waals surface area contributed by atoms with Crippen molar-refractivity contribution >= 4 is 35.8 Å². The summed E-state index contributed by atoms with van der Waals surface area (Å²) in [6, 6.07) is 19.2. The van der Waals surface area contributed by atoms with Crippen LogP contribution < -0.4 is 11.1 Å². The van der Waals surface area contributed by atoms with E-state index in [1.54, 1.807) is 25.8 Å². The molecule has 1 unspecified atom stereocenters. The molecule has 2 aromatic rings. The Kier molecular flexibility index (Phi) is 9.33. The van der Waals surface area contributed by atoms with Crippen LogP contribution in [0.25, 0.3) is 0 Å². The van der Waals surface area contributed by atoms with Gasteiger partial charge in [-0.05, 0) is 50.7 Å². The molecule has 2 aliphatic rings. The van der Waals surface area contributed by atoms with Crippen molar-refractivity contribution in [2.24, 2.45) is 16.3 Å². The molecule has 2 heterocycles. The van der Waals surface area contributed by atoms with Gasteiger partial charge in [-0.3, -0.25) is 14.4 Å². The van der Waals surface area contributed by atoms with E-state index in [0.717, 1.165) is 24.1 Å². The lowest BCUT2D eigenvalue weighted by Crippen LogP contribution is -2.60. The summed E-state index contributed by atoms with van der Waals surface area (Å²) in [6.45, 7) is 3.94. The van der Waals surface area contributed by atoms with Crippen LogP contribution in [0.5, 0.6) is 0 Å². The molecule has 1 fully saturated rings. The highest BCUT2D eigenvalue weighted by atomic mass is 35.5. The number of halogens is 1. The Morgan fingerprint density at radius 3 is 2.29 bits per heavy atom. The molecule has 0 aromatic heterocycles. The minimum absolute atomic E-state index is 0. The van der Waals surface area contributed by atoms with Gasteiger partial charge in [0, 0.05) is 26.6 Å². The number of nitrogens with zero attached hydrogens (tertiary/aromatic N) is 3. The maximum absolute atomic E-state index is 13.9. The van der Waals surface area contributed by atoms with Gasteiger partial charge in [0.2, 0.25) is 11.8 Å². The third-order valence-electron chi connectivity index (χ3n) is 7.26. The summed E-state index contributed by atoms with van der Waals surface area (Å²) in [5.74, 6) is -0.656. The number of benzene rings is 2. The normalized spacial score (nSPS) is 19.8. The van der Waals surface area contributed by atoms with Crippen LogP contribution in [0.4, 0.5) is 0 Å². The quantitative estimate of drug-likeness (QED) is 0.510. The topological polar surface area (TPSA) is 108 Å². The van der Waals surface area contributed by atoms with Gasteiger partial charge in [-0.2, -0.15) is 5.10 Å². The minimum Gasteiger partial charge on any atom is -0.343 e. The van der Waals surface area contributed by atoms with Gasteiger partial charge < -0.3 is 16.0 Å². The number of likely N-dealkylation sites (tertiary alicyclic amines) is 1. The fraction of sp³-hybridized carbons (Fsp3) is 0.448. The van der Waals surface area contributed by atoms with E-state index in [-0.39, 0.29) is 36.7 Å². The fourth-order valence-electron chi connectivity index (χ4n) is 5.19. The van der Waals surface area contributed by atoms with E-state index in [0.29, 0.717) is 25.8 Å². The first kappa shape index (κ1) is 29.3. The largest absolute Gasteiger partial charge is 0.343 e. The van der Waals surface area contributed by atoms with Gasteiger partial charge in [0.05, 0.1) is 11.3 Å². The number of rotatable bonds is 9. The first-order valence-corrected chi connectivity index (χ1v) is 12.9. The predicted octanol–water partition coefficient (Wildman–Crippen LogP) is 2.94. The number of hydrazone groups is 1. The monoisotopic (exact) mass is 539 g/mol. The molecule has 204 valence electrons. The van der Waals surface area contributed by atoms with Crippen LogP contribution in [-0.4, -0.2) is 65.1 Å². The van der Waals surface area contributed by atoms with Gasteiger partial charge in [0.1, 0.15) is 11.5 Å². The molecule has 0 bridgehead atoms. The first-order chi connectivity index (χ1) is 17.6. The first-order valence-electron chi connectivity index (χ1n) is 12.9. The number of carbonyl (C=O) groups is 3. The molecule has 8 nitrogen and oxygen atoms in total. The fourth-order valence-corrected chi connectivity index (χ4v) is 5.19. The SMILES string of the molecule is CN1N=C2CCN(C(=O)[C@@H](CCCc3ccccc3)NC(=O)C(C)(C)N)CC2(Cc2ccccc2)C1=O.Cl. The third-order valence-corrected chi connectivity index (χ3v) is 7.26. The smallest absolute Gasteiger partial charge is 0.256 e. The maximum atomic E-state index is 13.9. The lowest BCUT2D eigenvalue weighted by molar-refractivity contribution is -0.142. The van der Waals surface area contributed by atoms with E-state index < -0.39 is 17.0 Å². The summed E-state index contributed by atoms with van der Waals surface area (Å²) < 4.78 is 0. The van der Waals surface area contributed by atoms with Gasteiger partial charge in [-0.15, -0.1) is 12.4 Å². The van der Waals surface area contributed by atoms with Crippen LogP contribution in [0.15, 0.2) is 65.8 Å². The summed E-state index contributed by atoms with van der Waals surface area (Å²) in [5, 5.41) is 8.85. The molecule has 0 spiro atoms. The summed E-state index contributed by atoms with van der Waals surface area (Å²) in [6.07, 6.45) is 2.99. The van der Waals surface area contributed by atoms with Crippen molar-refractivity contribution in [1.29, 1.82) is 0 Å². The molecule has 38 heavy (non-hydrogen) atoms. The molecule has 0 saturated carbocycles. The third kappa shape index (κ3) is 6.42. The Labute approximate surface area is 231 Å². The number of amides is 3. The van der Waals surface area contributed by atoms with Gasteiger partial charge in [0.25, 0.3) is 5.91 Å². The minimum atomic E-state index is -1.11. The van der Waals surface area contributed by atoms with E-state index in [1.165, 1.54) is 10.6 Å². The highest BCUT2D eigenvalue weighted by Crippen LogP contribution is 2.38. The Bertz CT molecular complexity index is 1170. The standard InChI is InChI=1S/C29H37N5O3.ClH/c1-28(2,30)26(36)31-23(16-10-15-21-11-6-4-7-12-21)25(35)34-18-17-24-29(20-34,27(37)33(3)32-24)19-22-13-8-5-9-14-22;/h4-9,11-14,23H,10,15-20,30H2,1-3H3,(H,31,36);1H/t23-,29?;/m1./s1. The van der Waals surface area contributed by atoms with Crippen LogP contribution in [0.2, 0.25) is 0 Å². The van der Waals surface area contributed by atoms with Gasteiger partial charge in [-0.1, -0.05) is 60.7 Å². The molecule has 1 saturated heterocycles. The second-order valence-corrected chi connectivity index (χ2v) is 10.8. The lowest BCUT2D eigenvalue weighted by atomic mass is 9.73. The summed E-state index contributed by atoms with van der Waals surface area (Å²) in [7, 11) is 1.67. The zero-order chi connectivity index (χ0) is 26.6. The van der Waals surface area contributed by atoms with Crippen LogP contribution in [0, 0.1) is 5.41 Å². The van der Waals surface area contributed by atoms with Crippen molar-refractivity contribution in [3.8, 4) is 0 Å². The van der Waals surface area contributed by atoms with Crippen LogP contribution in [-0.2, 0) is 27.2 Å². The Morgan fingerprint density at radius 1 is 1.08 bits per heavy atom. The number of hydrogen-bond donors (Lipinski definition) is 2. The average Bonchev–Trinajstić information content (AvgIpc) is 3.12. The van der Waals surface area contributed by atoms with Crippen LogP contribution >= 0.6 is 12.4 Å². The zero-order valence-electron chi connectivity index (χ0n) is 22.4. The molecule has 9 heteroatoms. The highest BCUT2D eigenvalue weighted by molar-refractivity contribution is 6.13. The van der Waals surface area contributed by atoms with Crippen LogP contribution in [0.1, 0.15) is 44.2 Å². The number of fused-ring (bicyclic) bond motifs is 1. The molecule has 0 aliphatic carbocycles. The molecular weight excluding hydrogens is 502 g/mol. The van der Waals surface area contributed by atoms with Crippen molar-refractivity contribution in [2.45, 2.75) is 57.5 Å². The number of hydrogen-bond acceptors (Lipinski definition) is 5. The van der Waals surface area contributed by atoms with Crippen LogP contribution in [0.3, 0.4) is 0 Å². The molecule has 2 aromatic carbocycles. The molecule has 3 N–H and O–H groups in total. The Hall–Kier alpha value is -3.23. The summed E-state index contributed by atoms with van der Waals surface area (Å²) in [5.41, 5.74) is 7.05. The molecule has 4 rings (SSSR count). The van der Waals surface area contributed by atoms with Gasteiger partial charge >= 0.3 is 0 Å². The second kappa shape index (κ2) is 12.1. The maximum Gasteiger partial charge on any atom is 0.256 e. The van der Waals surface area contributed by atoms with Crippen molar-refractivity contribution in [3.63, 3.8) is 0 Å². The molecule has 2 atom stereocenters. The molecule has 2 aliphatic heterocycles. The zero-order valence-corrected chi connectivity index (χ0v) is 23.2. The number of aryl methyl sites for hydroxylation is 1. The second-order valence-electron chi connectivity index (χ2n) is 10.8. The van der Waals surface area contributed by atoms with Crippen molar-refractivity contribution in [3.05, 3.63) is 71.8 Å². The van der Waals surface area contributed by atoms with Gasteiger partial charge in [0.15, 0.2) is 0 Å². The number of nitrogens with one attached hydrogen (secondary N) is 1. The van der Waals surface area contributed by atoms with E-state index in [9.17, 15) is 14.4 Å².